The van der Waals surface area contributed by atoms with E-state index in [-0.39, 0.29) is 0 Å². The van der Waals surface area contributed by atoms with E-state index in [9.17, 15) is 0 Å². The molecule has 0 spiro atoms. The van der Waals surface area contributed by atoms with Gasteiger partial charge >= 0.3 is 0 Å². The molecule has 112 valence electrons. The number of aryl methyl sites for hydroxylation is 1. The van der Waals surface area contributed by atoms with E-state index in [1.165, 1.54) is 56.6 Å². The fourth-order valence-electron chi connectivity index (χ4n) is 3.06. The van der Waals surface area contributed by atoms with Gasteiger partial charge in [0, 0.05) is 18.1 Å². The van der Waals surface area contributed by atoms with Crippen LogP contribution < -0.4 is 5.32 Å². The summed E-state index contributed by atoms with van der Waals surface area (Å²) in [5, 5.41) is 4.29. The van der Waals surface area contributed by atoms with Crippen LogP contribution in [0.2, 0.25) is 5.02 Å². The molecule has 1 aromatic rings. The van der Waals surface area contributed by atoms with Crippen molar-refractivity contribution in [1.82, 2.24) is 10.2 Å². The molecule has 3 heteroatoms. The Balaban J connectivity index is 1.96. The molecule has 1 aliphatic heterocycles. The molecular weight excluding hydrogens is 268 g/mol. The van der Waals surface area contributed by atoms with Crippen LogP contribution in [0.5, 0.6) is 0 Å². The molecule has 1 aliphatic rings. The Labute approximate surface area is 128 Å². The SMILES string of the molecule is CCCN(Cc1ccc(Cl)cc1C)CC1CCNCC1. The molecule has 0 saturated carbocycles. The maximum atomic E-state index is 6.05. The van der Waals surface area contributed by atoms with Crippen LogP contribution in [0.3, 0.4) is 0 Å². The summed E-state index contributed by atoms with van der Waals surface area (Å²) < 4.78 is 0. The van der Waals surface area contributed by atoms with Crippen molar-refractivity contribution >= 4 is 11.6 Å². The Hall–Kier alpha value is -0.570. The highest BCUT2D eigenvalue weighted by Crippen LogP contribution is 2.19. The Kier molecular flexibility index (Phi) is 6.34. The Bertz CT molecular complexity index is 413. The zero-order valence-electron chi connectivity index (χ0n) is 12.8. The Morgan fingerprint density at radius 1 is 1.30 bits per heavy atom. The lowest BCUT2D eigenvalue weighted by Crippen LogP contribution is -2.36. The minimum atomic E-state index is 0.839. The van der Waals surface area contributed by atoms with Gasteiger partial charge in [0.1, 0.15) is 0 Å². The first-order valence-electron chi connectivity index (χ1n) is 7.87. The largest absolute Gasteiger partial charge is 0.317 e. The Morgan fingerprint density at radius 3 is 2.70 bits per heavy atom. The number of hydrogen-bond acceptors (Lipinski definition) is 2. The summed E-state index contributed by atoms with van der Waals surface area (Å²) in [6.07, 6.45) is 3.86. The van der Waals surface area contributed by atoms with Crippen molar-refractivity contribution in [3.05, 3.63) is 34.3 Å². The number of nitrogens with one attached hydrogen (secondary N) is 1. The predicted molar refractivity (Wildman–Crippen MR) is 87.4 cm³/mol. The van der Waals surface area contributed by atoms with Gasteiger partial charge < -0.3 is 5.32 Å². The summed E-state index contributed by atoms with van der Waals surface area (Å²) in [5.41, 5.74) is 2.72. The molecule has 0 amide bonds. The molecule has 0 unspecified atom stereocenters. The van der Waals surface area contributed by atoms with Crippen LogP contribution in [0, 0.1) is 12.8 Å². The van der Waals surface area contributed by atoms with Gasteiger partial charge in [0.2, 0.25) is 0 Å². The number of hydrogen-bond donors (Lipinski definition) is 1. The van der Waals surface area contributed by atoms with Crippen molar-refractivity contribution in [2.45, 2.75) is 39.7 Å². The summed E-state index contributed by atoms with van der Waals surface area (Å²) in [5.74, 6) is 0.857. The molecule has 2 nitrogen and oxygen atoms in total. The first-order valence-corrected chi connectivity index (χ1v) is 8.25. The lowest BCUT2D eigenvalue weighted by molar-refractivity contribution is 0.198. The first-order chi connectivity index (χ1) is 9.69. The second kappa shape index (κ2) is 8.02. The van der Waals surface area contributed by atoms with Crippen molar-refractivity contribution < 1.29 is 0 Å². The molecule has 1 aromatic carbocycles. The molecule has 2 rings (SSSR count). The molecule has 1 saturated heterocycles. The van der Waals surface area contributed by atoms with E-state index in [1.54, 1.807) is 0 Å². The third-order valence-corrected chi connectivity index (χ3v) is 4.45. The fraction of sp³-hybridized carbons (Fsp3) is 0.647. The summed E-state index contributed by atoms with van der Waals surface area (Å²) in [6, 6.07) is 6.27. The van der Waals surface area contributed by atoms with Gasteiger partial charge in [0.25, 0.3) is 0 Å². The van der Waals surface area contributed by atoms with E-state index in [4.69, 9.17) is 11.6 Å². The number of rotatable bonds is 6. The molecular formula is C17H27ClN2. The van der Waals surface area contributed by atoms with E-state index in [0.29, 0.717) is 0 Å². The second-order valence-corrected chi connectivity index (χ2v) is 6.44. The predicted octanol–water partition coefficient (Wildman–Crippen LogP) is 3.86. The Morgan fingerprint density at radius 2 is 2.05 bits per heavy atom. The smallest absolute Gasteiger partial charge is 0.0408 e. The van der Waals surface area contributed by atoms with Crippen LogP contribution in [-0.2, 0) is 6.54 Å². The number of benzene rings is 1. The zero-order chi connectivity index (χ0) is 14.4. The van der Waals surface area contributed by atoms with Crippen molar-refractivity contribution in [1.29, 1.82) is 0 Å². The van der Waals surface area contributed by atoms with Crippen molar-refractivity contribution in [3.8, 4) is 0 Å². The lowest BCUT2D eigenvalue weighted by Gasteiger charge is -2.30. The normalized spacial score (nSPS) is 16.8. The van der Waals surface area contributed by atoms with Gasteiger partial charge in [-0.25, -0.2) is 0 Å². The highest BCUT2D eigenvalue weighted by molar-refractivity contribution is 6.30. The summed E-state index contributed by atoms with van der Waals surface area (Å²) in [6.45, 7) is 10.3. The molecule has 1 N–H and O–H groups in total. The van der Waals surface area contributed by atoms with Gasteiger partial charge in [-0.1, -0.05) is 24.6 Å². The third-order valence-electron chi connectivity index (χ3n) is 4.21. The van der Waals surface area contributed by atoms with Crippen LogP contribution in [0.25, 0.3) is 0 Å². The van der Waals surface area contributed by atoms with Gasteiger partial charge in [-0.2, -0.15) is 0 Å². The molecule has 0 atom stereocenters. The van der Waals surface area contributed by atoms with Gasteiger partial charge in [-0.3, -0.25) is 4.90 Å². The second-order valence-electron chi connectivity index (χ2n) is 6.00. The highest BCUT2D eigenvalue weighted by Gasteiger charge is 2.17. The molecule has 1 heterocycles. The number of halogens is 1. The monoisotopic (exact) mass is 294 g/mol. The highest BCUT2D eigenvalue weighted by atomic mass is 35.5. The molecule has 0 aliphatic carbocycles. The van der Waals surface area contributed by atoms with Gasteiger partial charge in [0.05, 0.1) is 0 Å². The van der Waals surface area contributed by atoms with Gasteiger partial charge in [-0.15, -0.1) is 0 Å². The van der Waals surface area contributed by atoms with E-state index in [0.717, 1.165) is 17.5 Å². The van der Waals surface area contributed by atoms with Crippen LogP contribution in [0.15, 0.2) is 18.2 Å². The maximum Gasteiger partial charge on any atom is 0.0408 e. The molecule has 0 radical (unpaired) electrons. The van der Waals surface area contributed by atoms with Gasteiger partial charge in [0.15, 0.2) is 0 Å². The van der Waals surface area contributed by atoms with Crippen molar-refractivity contribution in [3.63, 3.8) is 0 Å². The fourth-order valence-corrected chi connectivity index (χ4v) is 3.28. The van der Waals surface area contributed by atoms with Crippen LogP contribution in [-0.4, -0.2) is 31.1 Å². The van der Waals surface area contributed by atoms with Crippen LogP contribution >= 0.6 is 11.6 Å². The van der Waals surface area contributed by atoms with Crippen LogP contribution in [0.4, 0.5) is 0 Å². The minimum absolute atomic E-state index is 0.839. The molecule has 20 heavy (non-hydrogen) atoms. The minimum Gasteiger partial charge on any atom is -0.317 e. The number of piperidine rings is 1. The average molecular weight is 295 g/mol. The van der Waals surface area contributed by atoms with Crippen molar-refractivity contribution in [2.24, 2.45) is 5.92 Å². The standard InChI is InChI=1S/C17H27ClN2/c1-3-10-20(12-15-6-8-19-9-7-15)13-16-4-5-17(18)11-14(16)2/h4-5,11,15,19H,3,6-10,12-13H2,1-2H3. The summed E-state index contributed by atoms with van der Waals surface area (Å²) in [4.78, 5) is 2.62. The van der Waals surface area contributed by atoms with E-state index in [2.05, 4.69) is 36.2 Å². The molecule has 1 fully saturated rings. The van der Waals surface area contributed by atoms with E-state index >= 15 is 0 Å². The summed E-state index contributed by atoms with van der Waals surface area (Å²) in [7, 11) is 0. The lowest BCUT2D eigenvalue weighted by atomic mass is 9.97. The average Bonchev–Trinajstić information content (AvgIpc) is 2.43. The molecule has 0 aromatic heterocycles. The van der Waals surface area contributed by atoms with Gasteiger partial charge in [-0.05, 0) is 75.0 Å². The molecule has 0 bridgehead atoms. The quantitative estimate of drug-likeness (QED) is 0.857. The number of nitrogens with zero attached hydrogens (tertiary/aromatic N) is 1. The van der Waals surface area contributed by atoms with E-state index < -0.39 is 0 Å². The van der Waals surface area contributed by atoms with Crippen molar-refractivity contribution in [2.75, 3.05) is 26.2 Å². The zero-order valence-corrected chi connectivity index (χ0v) is 13.5. The first kappa shape index (κ1) is 15.8. The van der Waals surface area contributed by atoms with E-state index in [1.807, 2.05) is 6.07 Å². The summed E-state index contributed by atoms with van der Waals surface area (Å²) >= 11 is 6.05. The maximum absolute atomic E-state index is 6.05. The van der Waals surface area contributed by atoms with Crippen LogP contribution in [0.1, 0.15) is 37.3 Å². The topological polar surface area (TPSA) is 15.3 Å². The third kappa shape index (κ3) is 4.76.